The molecule has 11 nitrogen and oxygen atoms in total. The predicted molar refractivity (Wildman–Crippen MR) is 139 cm³/mol. The van der Waals surface area contributed by atoms with Gasteiger partial charge in [0.05, 0.1) is 11.8 Å². The van der Waals surface area contributed by atoms with Crippen LogP contribution in [0.2, 0.25) is 0 Å². The highest BCUT2D eigenvalue weighted by molar-refractivity contribution is 6.06. The van der Waals surface area contributed by atoms with E-state index in [2.05, 4.69) is 10.6 Å². The van der Waals surface area contributed by atoms with Crippen molar-refractivity contribution in [2.75, 3.05) is 10.6 Å². The molecule has 3 aromatic rings. The number of carbonyl (C=O) groups excluding carboxylic acids is 2. The maximum absolute atomic E-state index is 12.6. The van der Waals surface area contributed by atoms with Crippen LogP contribution in [0.15, 0.2) is 60.7 Å². The summed E-state index contributed by atoms with van der Waals surface area (Å²) in [5.74, 6) is -5.31. The van der Waals surface area contributed by atoms with Gasteiger partial charge in [0, 0.05) is 16.9 Å². The number of aromatic hydroxyl groups is 2. The lowest BCUT2D eigenvalue weighted by Gasteiger charge is -2.27. The molecule has 0 aliphatic heterocycles. The molecule has 0 bridgehead atoms. The number of hydrogen-bond donors (Lipinski definition) is 6. The maximum Gasteiger partial charge on any atom is 0.339 e. The molecule has 39 heavy (non-hydrogen) atoms. The minimum Gasteiger partial charge on any atom is -0.504 e. The topological polar surface area (TPSA) is 182 Å². The standard InChI is InChI=1S/C28H26N2O9/c31-23-14-15(13-22(24(23)32)28(37)38)25(33)29-16-5-9-18(10-6-16)39-19-11-7-17(8-12-19)30-26(34)20-3-1-2-4-21(20)27(35)36/h5-14,20-21,31-32H,1-4H2,(H,29,33)(H,30,34)(H,35,36)(H,37,38). The highest BCUT2D eigenvalue weighted by Crippen LogP contribution is 2.33. The number of aromatic carboxylic acids is 1. The Morgan fingerprint density at radius 3 is 1.82 bits per heavy atom. The van der Waals surface area contributed by atoms with E-state index in [1.807, 2.05) is 0 Å². The number of phenolic OH excluding ortho intramolecular Hbond substituents is 1. The van der Waals surface area contributed by atoms with Gasteiger partial charge in [-0.2, -0.15) is 0 Å². The van der Waals surface area contributed by atoms with E-state index >= 15 is 0 Å². The Balaban J connectivity index is 1.35. The molecule has 0 aromatic heterocycles. The van der Waals surface area contributed by atoms with Gasteiger partial charge in [-0.3, -0.25) is 14.4 Å². The van der Waals surface area contributed by atoms with Gasteiger partial charge in [-0.05, 0) is 73.5 Å². The van der Waals surface area contributed by atoms with Crippen molar-refractivity contribution in [2.24, 2.45) is 11.8 Å². The van der Waals surface area contributed by atoms with Crippen molar-refractivity contribution in [1.82, 2.24) is 0 Å². The van der Waals surface area contributed by atoms with Crippen LogP contribution in [-0.4, -0.2) is 44.2 Å². The molecule has 4 rings (SSSR count). The first-order valence-corrected chi connectivity index (χ1v) is 12.1. The SMILES string of the molecule is O=C(Nc1ccc(Oc2ccc(NC(=O)C3CCCCC3C(=O)O)cc2)cc1)c1cc(O)c(O)c(C(=O)O)c1. The van der Waals surface area contributed by atoms with Crippen molar-refractivity contribution in [1.29, 1.82) is 0 Å². The lowest BCUT2D eigenvalue weighted by Crippen LogP contribution is -2.36. The van der Waals surface area contributed by atoms with Gasteiger partial charge < -0.3 is 35.8 Å². The number of ether oxygens (including phenoxy) is 1. The summed E-state index contributed by atoms with van der Waals surface area (Å²) in [4.78, 5) is 47.8. The van der Waals surface area contributed by atoms with Gasteiger partial charge in [-0.25, -0.2) is 4.79 Å². The highest BCUT2D eigenvalue weighted by atomic mass is 16.5. The van der Waals surface area contributed by atoms with E-state index in [0.717, 1.165) is 25.0 Å². The fourth-order valence-corrected chi connectivity index (χ4v) is 4.44. The van der Waals surface area contributed by atoms with Crippen LogP contribution in [0.4, 0.5) is 11.4 Å². The molecule has 11 heteroatoms. The molecule has 3 aromatic carbocycles. The first kappa shape index (κ1) is 27.0. The van der Waals surface area contributed by atoms with Crippen molar-refractivity contribution < 1.29 is 44.3 Å². The molecule has 2 amide bonds. The number of anilines is 2. The molecular weight excluding hydrogens is 508 g/mol. The lowest BCUT2D eigenvalue weighted by molar-refractivity contribution is -0.147. The monoisotopic (exact) mass is 534 g/mol. The number of benzene rings is 3. The van der Waals surface area contributed by atoms with Crippen LogP contribution in [-0.2, 0) is 9.59 Å². The average Bonchev–Trinajstić information content (AvgIpc) is 2.92. The fraction of sp³-hybridized carbons (Fsp3) is 0.214. The first-order valence-electron chi connectivity index (χ1n) is 12.1. The van der Waals surface area contributed by atoms with Gasteiger partial charge in [0.25, 0.3) is 5.91 Å². The maximum atomic E-state index is 12.6. The van der Waals surface area contributed by atoms with Crippen LogP contribution in [0.1, 0.15) is 46.4 Å². The van der Waals surface area contributed by atoms with Gasteiger partial charge in [0.1, 0.15) is 17.1 Å². The largest absolute Gasteiger partial charge is 0.504 e. The molecule has 2 unspecified atom stereocenters. The number of nitrogens with one attached hydrogen (secondary N) is 2. The fourth-order valence-electron chi connectivity index (χ4n) is 4.44. The van der Waals surface area contributed by atoms with Gasteiger partial charge in [-0.15, -0.1) is 0 Å². The molecule has 1 saturated carbocycles. The Hall–Kier alpha value is -5.06. The minimum absolute atomic E-state index is 0.155. The van der Waals surface area contributed by atoms with Gasteiger partial charge in [0.15, 0.2) is 11.5 Å². The van der Waals surface area contributed by atoms with E-state index < -0.39 is 46.7 Å². The molecule has 202 valence electrons. The Morgan fingerprint density at radius 1 is 0.744 bits per heavy atom. The van der Waals surface area contributed by atoms with Crippen LogP contribution in [0.3, 0.4) is 0 Å². The third-order valence-electron chi connectivity index (χ3n) is 6.47. The molecule has 0 spiro atoms. The van der Waals surface area contributed by atoms with Crippen molar-refractivity contribution in [3.63, 3.8) is 0 Å². The average molecular weight is 535 g/mol. The Kier molecular flexibility index (Phi) is 7.99. The lowest BCUT2D eigenvalue weighted by atomic mass is 9.78. The predicted octanol–water partition coefficient (Wildman–Crippen LogP) is 4.67. The zero-order valence-corrected chi connectivity index (χ0v) is 20.6. The summed E-state index contributed by atoms with van der Waals surface area (Å²) < 4.78 is 5.79. The number of amides is 2. The normalized spacial score (nSPS) is 16.6. The van der Waals surface area contributed by atoms with Crippen LogP contribution in [0.25, 0.3) is 0 Å². The summed E-state index contributed by atoms with van der Waals surface area (Å²) in [6.45, 7) is 0. The number of hydrogen-bond acceptors (Lipinski definition) is 7. The molecule has 6 N–H and O–H groups in total. The summed E-state index contributed by atoms with van der Waals surface area (Å²) in [6, 6.07) is 14.8. The summed E-state index contributed by atoms with van der Waals surface area (Å²) in [7, 11) is 0. The van der Waals surface area contributed by atoms with Crippen molar-refractivity contribution in [3.05, 3.63) is 71.8 Å². The van der Waals surface area contributed by atoms with Crippen molar-refractivity contribution >= 4 is 35.1 Å². The summed E-state index contributed by atoms with van der Waals surface area (Å²) in [5.41, 5.74) is 0.133. The Bertz CT molecular complexity index is 1400. The first-order chi connectivity index (χ1) is 18.6. The van der Waals surface area contributed by atoms with Crippen LogP contribution >= 0.6 is 0 Å². The van der Waals surface area contributed by atoms with E-state index in [1.165, 1.54) is 0 Å². The third-order valence-corrected chi connectivity index (χ3v) is 6.47. The number of carboxylic acids is 2. The molecule has 0 heterocycles. The van der Waals surface area contributed by atoms with Gasteiger partial charge in [0.2, 0.25) is 5.91 Å². The van der Waals surface area contributed by atoms with E-state index in [-0.39, 0.29) is 11.5 Å². The number of carbonyl (C=O) groups is 4. The molecule has 1 fully saturated rings. The van der Waals surface area contributed by atoms with E-state index in [9.17, 15) is 34.5 Å². The number of carboxylic acid groups (broad SMARTS) is 2. The molecule has 0 saturated heterocycles. The molecule has 2 atom stereocenters. The number of aliphatic carboxylic acids is 1. The van der Waals surface area contributed by atoms with Crippen molar-refractivity contribution in [3.8, 4) is 23.0 Å². The third kappa shape index (κ3) is 6.45. The Labute approximate surface area is 222 Å². The zero-order chi connectivity index (χ0) is 28.1. The smallest absolute Gasteiger partial charge is 0.339 e. The number of rotatable bonds is 8. The molecule has 1 aliphatic rings. The molecule has 1 aliphatic carbocycles. The summed E-state index contributed by atoms with van der Waals surface area (Å²) in [5, 5.41) is 43.2. The quantitative estimate of drug-likeness (QED) is 0.224. The Morgan fingerprint density at radius 2 is 1.28 bits per heavy atom. The highest BCUT2D eigenvalue weighted by Gasteiger charge is 2.35. The van der Waals surface area contributed by atoms with Crippen LogP contribution < -0.4 is 15.4 Å². The second-order valence-corrected chi connectivity index (χ2v) is 9.13. The van der Waals surface area contributed by atoms with E-state index in [4.69, 9.17) is 9.84 Å². The minimum atomic E-state index is -1.49. The zero-order valence-electron chi connectivity index (χ0n) is 20.6. The second-order valence-electron chi connectivity index (χ2n) is 9.13. The van der Waals surface area contributed by atoms with E-state index in [0.29, 0.717) is 35.7 Å². The summed E-state index contributed by atoms with van der Waals surface area (Å²) in [6.07, 6.45) is 2.66. The van der Waals surface area contributed by atoms with Crippen molar-refractivity contribution in [2.45, 2.75) is 25.7 Å². The van der Waals surface area contributed by atoms with Gasteiger partial charge >= 0.3 is 11.9 Å². The summed E-state index contributed by atoms with van der Waals surface area (Å²) >= 11 is 0. The van der Waals surface area contributed by atoms with Crippen LogP contribution in [0, 0.1) is 11.8 Å². The second kappa shape index (κ2) is 11.5. The van der Waals surface area contributed by atoms with E-state index in [1.54, 1.807) is 48.5 Å². The van der Waals surface area contributed by atoms with Crippen LogP contribution in [0.5, 0.6) is 23.0 Å². The number of phenols is 2. The molecular formula is C28H26N2O9. The molecule has 0 radical (unpaired) electrons. The van der Waals surface area contributed by atoms with Gasteiger partial charge in [-0.1, -0.05) is 12.8 Å².